The Morgan fingerprint density at radius 3 is 2.81 bits per heavy atom. The van der Waals surface area contributed by atoms with Crippen LogP contribution in [-0.2, 0) is 17.8 Å². The highest BCUT2D eigenvalue weighted by molar-refractivity contribution is 5.74. The molecule has 0 radical (unpaired) electrons. The van der Waals surface area contributed by atoms with E-state index in [1.165, 1.54) is 0 Å². The van der Waals surface area contributed by atoms with Crippen LogP contribution < -0.4 is 10.2 Å². The van der Waals surface area contributed by atoms with E-state index in [1.54, 1.807) is 12.1 Å². The maximum Gasteiger partial charge on any atom is 0.320 e. The molecule has 32 heavy (non-hydrogen) atoms. The number of likely N-dealkylation sites (tertiary alicyclic amines) is 1. The number of aliphatic hydroxyl groups excluding tert-OH is 1. The SMILES string of the molecule is CCC1Cc2cc(OCCCO)c(O)cc2-c2cc(=O)c(CN3CCCC3C(=O)O)cn21. The van der Waals surface area contributed by atoms with E-state index in [0.29, 0.717) is 43.9 Å². The van der Waals surface area contributed by atoms with Crippen LogP contribution in [0.5, 0.6) is 11.5 Å². The van der Waals surface area contributed by atoms with Crippen LogP contribution >= 0.6 is 0 Å². The van der Waals surface area contributed by atoms with Crippen LogP contribution in [0.4, 0.5) is 0 Å². The number of carboxylic acids is 1. The Hall–Kier alpha value is -2.84. The number of rotatable bonds is 8. The molecule has 2 aliphatic heterocycles. The van der Waals surface area contributed by atoms with Crippen molar-refractivity contribution in [3.63, 3.8) is 0 Å². The van der Waals surface area contributed by atoms with Crippen LogP contribution in [0, 0.1) is 0 Å². The zero-order valence-corrected chi connectivity index (χ0v) is 18.3. The number of aromatic nitrogens is 1. The average Bonchev–Trinajstić information content (AvgIpc) is 3.23. The van der Waals surface area contributed by atoms with Crippen molar-refractivity contribution in [2.75, 3.05) is 19.8 Å². The predicted molar refractivity (Wildman–Crippen MR) is 119 cm³/mol. The second-order valence-corrected chi connectivity index (χ2v) is 8.59. The highest BCUT2D eigenvalue weighted by Crippen LogP contribution is 2.41. The summed E-state index contributed by atoms with van der Waals surface area (Å²) in [5.74, 6) is -0.456. The Balaban J connectivity index is 1.69. The molecule has 172 valence electrons. The van der Waals surface area contributed by atoms with E-state index in [0.717, 1.165) is 36.1 Å². The van der Waals surface area contributed by atoms with E-state index >= 15 is 0 Å². The quantitative estimate of drug-likeness (QED) is 0.539. The molecule has 1 saturated heterocycles. The molecule has 0 spiro atoms. The van der Waals surface area contributed by atoms with E-state index in [4.69, 9.17) is 9.84 Å². The van der Waals surface area contributed by atoms with Gasteiger partial charge in [0, 0.05) is 49.0 Å². The van der Waals surface area contributed by atoms with Gasteiger partial charge in [0.1, 0.15) is 6.04 Å². The molecule has 0 bridgehead atoms. The minimum absolute atomic E-state index is 0.00100. The van der Waals surface area contributed by atoms with Crippen LogP contribution in [0.2, 0.25) is 0 Å². The molecule has 4 rings (SSSR count). The number of fused-ring (bicyclic) bond motifs is 3. The molecule has 0 amide bonds. The summed E-state index contributed by atoms with van der Waals surface area (Å²) in [4.78, 5) is 26.4. The molecule has 2 aliphatic rings. The van der Waals surface area contributed by atoms with E-state index in [1.807, 2.05) is 17.2 Å². The molecule has 8 heteroatoms. The number of aliphatic carboxylic acids is 1. The van der Waals surface area contributed by atoms with Gasteiger partial charge in [-0.15, -0.1) is 0 Å². The van der Waals surface area contributed by atoms with Gasteiger partial charge in [0.25, 0.3) is 0 Å². The largest absolute Gasteiger partial charge is 0.504 e. The van der Waals surface area contributed by atoms with Gasteiger partial charge in [-0.1, -0.05) is 6.92 Å². The van der Waals surface area contributed by atoms with Crippen LogP contribution in [0.3, 0.4) is 0 Å². The number of hydrogen-bond acceptors (Lipinski definition) is 6. The van der Waals surface area contributed by atoms with Crippen molar-refractivity contribution in [1.29, 1.82) is 0 Å². The van der Waals surface area contributed by atoms with Gasteiger partial charge in [-0.05, 0) is 49.9 Å². The lowest BCUT2D eigenvalue weighted by atomic mass is 9.90. The Morgan fingerprint density at radius 1 is 1.28 bits per heavy atom. The molecule has 0 saturated carbocycles. The minimum atomic E-state index is -0.839. The number of carbonyl (C=O) groups is 1. The number of phenols is 1. The molecule has 8 nitrogen and oxygen atoms in total. The van der Waals surface area contributed by atoms with Crippen molar-refractivity contribution in [2.45, 2.75) is 57.7 Å². The zero-order chi connectivity index (χ0) is 22.8. The first-order chi connectivity index (χ1) is 15.4. The lowest BCUT2D eigenvalue weighted by molar-refractivity contribution is -0.142. The predicted octanol–water partition coefficient (Wildman–Crippen LogP) is 2.54. The Morgan fingerprint density at radius 2 is 2.09 bits per heavy atom. The monoisotopic (exact) mass is 442 g/mol. The molecule has 3 heterocycles. The first kappa shape index (κ1) is 22.4. The molecular formula is C24H30N2O6. The number of carboxylic acid groups (broad SMARTS) is 1. The Labute approximate surface area is 186 Å². The number of nitrogens with zero attached hydrogens (tertiary/aromatic N) is 2. The fourth-order valence-electron chi connectivity index (χ4n) is 4.82. The standard InChI is InChI=1S/C24H30N2O6/c1-2-17-9-15-10-23(32-8-4-7-27)22(29)11-18(15)20-12-21(28)16(14-26(17)20)13-25-6-3-5-19(25)24(30)31/h10-12,14,17,19,27,29H,2-9,13H2,1H3,(H,30,31). The van der Waals surface area contributed by atoms with Gasteiger partial charge in [0.2, 0.25) is 0 Å². The summed E-state index contributed by atoms with van der Waals surface area (Å²) < 4.78 is 7.71. The maximum absolute atomic E-state index is 13.0. The second-order valence-electron chi connectivity index (χ2n) is 8.59. The normalized spacial score (nSPS) is 20.1. The topological polar surface area (TPSA) is 112 Å². The van der Waals surface area contributed by atoms with Crippen molar-refractivity contribution in [3.8, 4) is 22.8 Å². The van der Waals surface area contributed by atoms with E-state index in [2.05, 4.69) is 11.5 Å². The third-order valence-corrected chi connectivity index (χ3v) is 6.52. The number of ether oxygens (including phenoxy) is 1. The number of hydrogen-bond donors (Lipinski definition) is 3. The summed E-state index contributed by atoms with van der Waals surface area (Å²) in [6.07, 6.45) is 5.37. The van der Waals surface area contributed by atoms with E-state index in [9.17, 15) is 19.8 Å². The number of phenolic OH excluding ortho intramolecular Hbond substituents is 1. The summed E-state index contributed by atoms with van der Waals surface area (Å²) in [6, 6.07) is 4.67. The van der Waals surface area contributed by atoms with Gasteiger partial charge in [0.05, 0.1) is 12.3 Å². The molecule has 2 atom stereocenters. The molecule has 1 aromatic heterocycles. The Kier molecular flexibility index (Phi) is 6.53. The van der Waals surface area contributed by atoms with Crippen LogP contribution in [0.25, 0.3) is 11.3 Å². The van der Waals surface area contributed by atoms with E-state index in [-0.39, 0.29) is 23.8 Å². The number of aromatic hydroxyl groups is 1. The number of benzene rings is 1. The zero-order valence-electron chi connectivity index (χ0n) is 18.3. The van der Waals surface area contributed by atoms with Crippen LogP contribution in [0.1, 0.15) is 49.8 Å². The third-order valence-electron chi connectivity index (χ3n) is 6.52. The first-order valence-electron chi connectivity index (χ1n) is 11.2. The number of pyridine rings is 1. The highest BCUT2D eigenvalue weighted by atomic mass is 16.5. The summed E-state index contributed by atoms with van der Waals surface area (Å²) in [7, 11) is 0. The van der Waals surface area contributed by atoms with Crippen molar-refractivity contribution >= 4 is 5.97 Å². The fraction of sp³-hybridized carbons (Fsp3) is 0.500. The molecule has 2 unspecified atom stereocenters. The smallest absolute Gasteiger partial charge is 0.320 e. The highest BCUT2D eigenvalue weighted by Gasteiger charge is 2.32. The summed E-state index contributed by atoms with van der Waals surface area (Å²) in [5.41, 5.74) is 3.02. The van der Waals surface area contributed by atoms with Crippen molar-refractivity contribution in [1.82, 2.24) is 9.47 Å². The van der Waals surface area contributed by atoms with Crippen LogP contribution in [0.15, 0.2) is 29.2 Å². The Bertz CT molecular complexity index is 1060. The van der Waals surface area contributed by atoms with Crippen LogP contribution in [-0.4, -0.2) is 56.6 Å². The third kappa shape index (κ3) is 4.25. The molecule has 1 fully saturated rings. The van der Waals surface area contributed by atoms with Crippen molar-refractivity contribution in [3.05, 3.63) is 45.7 Å². The van der Waals surface area contributed by atoms with Gasteiger partial charge < -0.3 is 24.6 Å². The summed E-state index contributed by atoms with van der Waals surface area (Å²) >= 11 is 0. The average molecular weight is 443 g/mol. The minimum Gasteiger partial charge on any atom is -0.504 e. The maximum atomic E-state index is 13.0. The molecule has 0 aliphatic carbocycles. The van der Waals surface area contributed by atoms with Crippen molar-refractivity contribution in [2.24, 2.45) is 0 Å². The fourth-order valence-corrected chi connectivity index (χ4v) is 4.82. The first-order valence-corrected chi connectivity index (χ1v) is 11.2. The molecule has 3 N–H and O–H groups in total. The second kappa shape index (κ2) is 9.34. The van der Waals surface area contributed by atoms with Gasteiger partial charge in [-0.3, -0.25) is 14.5 Å². The summed E-state index contributed by atoms with van der Waals surface area (Å²) in [5, 5.41) is 28.9. The lowest BCUT2D eigenvalue weighted by Gasteiger charge is -2.31. The van der Waals surface area contributed by atoms with Gasteiger partial charge in [-0.2, -0.15) is 0 Å². The number of aliphatic hydroxyl groups is 1. The van der Waals surface area contributed by atoms with Crippen molar-refractivity contribution < 1.29 is 24.9 Å². The molecule has 2 aromatic rings. The van der Waals surface area contributed by atoms with E-state index < -0.39 is 12.0 Å². The van der Waals surface area contributed by atoms with Gasteiger partial charge in [0.15, 0.2) is 16.9 Å². The summed E-state index contributed by atoms with van der Waals surface area (Å²) in [6.45, 7) is 3.42. The molecule has 1 aromatic carbocycles. The van der Waals surface area contributed by atoms with Gasteiger partial charge >= 0.3 is 5.97 Å². The molecular weight excluding hydrogens is 412 g/mol. The van der Waals surface area contributed by atoms with Gasteiger partial charge in [-0.25, -0.2) is 0 Å². The lowest BCUT2D eigenvalue weighted by Crippen LogP contribution is -2.37.